The summed E-state index contributed by atoms with van der Waals surface area (Å²) in [5.41, 5.74) is 0. The van der Waals surface area contributed by atoms with Crippen molar-refractivity contribution >= 4 is 5.97 Å². The van der Waals surface area contributed by atoms with Crippen LogP contribution in [0.2, 0.25) is 0 Å². The summed E-state index contributed by atoms with van der Waals surface area (Å²) in [4.78, 5) is 10.2. The van der Waals surface area contributed by atoms with Crippen molar-refractivity contribution in [2.75, 3.05) is 6.54 Å². The lowest BCUT2D eigenvalue weighted by Crippen LogP contribution is -2.34. The molecule has 0 heterocycles. The summed E-state index contributed by atoms with van der Waals surface area (Å²) < 4.78 is 0. The van der Waals surface area contributed by atoms with E-state index in [0.717, 1.165) is 19.4 Å². The summed E-state index contributed by atoms with van der Waals surface area (Å²) >= 11 is 0. The topological polar surface area (TPSA) is 49.3 Å². The normalized spacial score (nSPS) is 13.0. The molecule has 3 nitrogen and oxygen atoms in total. The Morgan fingerprint density at radius 3 is 2.70 bits per heavy atom. The SMILES string of the molecule is CCCCNC(C)C(=O)O. The third-order valence-electron chi connectivity index (χ3n) is 1.35. The number of carboxylic acid groups (broad SMARTS) is 1. The number of carboxylic acids is 1. The average Bonchev–Trinajstić information content (AvgIpc) is 1.88. The number of nitrogens with one attached hydrogen (secondary N) is 1. The van der Waals surface area contributed by atoms with Crippen molar-refractivity contribution in [3.63, 3.8) is 0 Å². The molecule has 60 valence electrons. The third kappa shape index (κ3) is 4.32. The maximum absolute atomic E-state index is 10.2. The van der Waals surface area contributed by atoms with E-state index in [9.17, 15) is 4.79 Å². The molecule has 0 rings (SSSR count). The van der Waals surface area contributed by atoms with Gasteiger partial charge in [-0.15, -0.1) is 0 Å². The van der Waals surface area contributed by atoms with E-state index in [0.29, 0.717) is 0 Å². The minimum atomic E-state index is -0.781. The molecule has 0 bridgehead atoms. The van der Waals surface area contributed by atoms with E-state index >= 15 is 0 Å². The van der Waals surface area contributed by atoms with E-state index in [1.165, 1.54) is 0 Å². The monoisotopic (exact) mass is 145 g/mol. The summed E-state index contributed by atoms with van der Waals surface area (Å²) in [6.07, 6.45) is 2.14. The summed E-state index contributed by atoms with van der Waals surface area (Å²) in [5, 5.41) is 11.3. The second-order valence-electron chi connectivity index (χ2n) is 2.37. The van der Waals surface area contributed by atoms with Gasteiger partial charge in [0.2, 0.25) is 0 Å². The van der Waals surface area contributed by atoms with Gasteiger partial charge in [-0.1, -0.05) is 13.3 Å². The molecule has 0 radical (unpaired) electrons. The molecule has 0 aliphatic carbocycles. The van der Waals surface area contributed by atoms with Gasteiger partial charge in [-0.25, -0.2) is 0 Å². The van der Waals surface area contributed by atoms with Gasteiger partial charge < -0.3 is 10.4 Å². The van der Waals surface area contributed by atoms with Crippen molar-refractivity contribution < 1.29 is 9.90 Å². The Kier molecular flexibility index (Phi) is 4.94. The largest absolute Gasteiger partial charge is 0.480 e. The third-order valence-corrected chi connectivity index (χ3v) is 1.35. The quantitative estimate of drug-likeness (QED) is 0.564. The molecule has 3 heteroatoms. The van der Waals surface area contributed by atoms with Crippen LogP contribution in [0.3, 0.4) is 0 Å². The lowest BCUT2D eigenvalue weighted by atomic mass is 10.3. The van der Waals surface area contributed by atoms with Gasteiger partial charge in [0.15, 0.2) is 0 Å². The van der Waals surface area contributed by atoms with Crippen molar-refractivity contribution in [1.82, 2.24) is 5.32 Å². The van der Waals surface area contributed by atoms with Crippen LogP contribution in [0.1, 0.15) is 26.7 Å². The molecule has 10 heavy (non-hydrogen) atoms. The van der Waals surface area contributed by atoms with Crippen molar-refractivity contribution in [1.29, 1.82) is 0 Å². The number of unbranched alkanes of at least 4 members (excludes halogenated alkanes) is 1. The van der Waals surface area contributed by atoms with Crippen LogP contribution < -0.4 is 5.32 Å². The number of rotatable bonds is 5. The van der Waals surface area contributed by atoms with Gasteiger partial charge in [-0.2, -0.15) is 0 Å². The molecule has 1 unspecified atom stereocenters. The van der Waals surface area contributed by atoms with E-state index in [-0.39, 0.29) is 0 Å². The second-order valence-corrected chi connectivity index (χ2v) is 2.37. The van der Waals surface area contributed by atoms with Crippen LogP contribution in [0.25, 0.3) is 0 Å². The minimum Gasteiger partial charge on any atom is -0.480 e. The van der Waals surface area contributed by atoms with E-state index in [4.69, 9.17) is 5.11 Å². The van der Waals surface area contributed by atoms with Gasteiger partial charge in [-0.05, 0) is 19.9 Å². The van der Waals surface area contributed by atoms with Gasteiger partial charge in [0.1, 0.15) is 6.04 Å². The first-order chi connectivity index (χ1) is 4.68. The predicted molar refractivity (Wildman–Crippen MR) is 40.0 cm³/mol. The molecule has 0 amide bonds. The Morgan fingerprint density at radius 1 is 1.70 bits per heavy atom. The number of hydrogen-bond donors (Lipinski definition) is 2. The smallest absolute Gasteiger partial charge is 0.320 e. The average molecular weight is 145 g/mol. The number of aliphatic carboxylic acids is 1. The maximum Gasteiger partial charge on any atom is 0.320 e. The van der Waals surface area contributed by atoms with E-state index in [1.807, 2.05) is 0 Å². The molecule has 0 aromatic heterocycles. The zero-order valence-corrected chi connectivity index (χ0v) is 6.55. The fourth-order valence-electron chi connectivity index (χ4n) is 0.583. The van der Waals surface area contributed by atoms with Gasteiger partial charge in [0.05, 0.1) is 0 Å². The first-order valence-corrected chi connectivity index (χ1v) is 3.64. The molecule has 0 saturated carbocycles. The number of hydrogen-bond acceptors (Lipinski definition) is 2. The highest BCUT2D eigenvalue weighted by Crippen LogP contribution is 1.85. The highest BCUT2D eigenvalue weighted by Gasteiger charge is 2.07. The highest BCUT2D eigenvalue weighted by molar-refractivity contribution is 5.72. The molecule has 0 aromatic carbocycles. The van der Waals surface area contributed by atoms with Gasteiger partial charge in [-0.3, -0.25) is 4.79 Å². The van der Waals surface area contributed by atoms with Crippen LogP contribution >= 0.6 is 0 Å². The predicted octanol–water partition coefficient (Wildman–Crippen LogP) is 0.849. The molecule has 0 fully saturated rings. The molecule has 1 atom stereocenters. The van der Waals surface area contributed by atoms with Crippen LogP contribution in [0.15, 0.2) is 0 Å². The van der Waals surface area contributed by atoms with Crippen LogP contribution in [-0.2, 0) is 4.79 Å². The standard InChI is InChI=1S/C7H15NO2/c1-3-4-5-8-6(2)7(9)10/h6,8H,3-5H2,1-2H3,(H,9,10). The Hall–Kier alpha value is -0.570. The Labute approximate surface area is 61.4 Å². The maximum atomic E-state index is 10.2. The first-order valence-electron chi connectivity index (χ1n) is 3.64. The van der Waals surface area contributed by atoms with Crippen molar-refractivity contribution in [2.24, 2.45) is 0 Å². The molecule has 0 saturated heterocycles. The molecule has 0 spiro atoms. The van der Waals surface area contributed by atoms with Crippen LogP contribution in [0, 0.1) is 0 Å². The van der Waals surface area contributed by atoms with Crippen molar-refractivity contribution in [3.8, 4) is 0 Å². The molecule has 2 N–H and O–H groups in total. The lowest BCUT2D eigenvalue weighted by Gasteiger charge is -2.06. The van der Waals surface area contributed by atoms with Crippen molar-refractivity contribution in [2.45, 2.75) is 32.7 Å². The van der Waals surface area contributed by atoms with E-state index < -0.39 is 12.0 Å². The second kappa shape index (κ2) is 5.23. The first kappa shape index (κ1) is 9.43. The summed E-state index contributed by atoms with van der Waals surface area (Å²) in [6.45, 7) is 4.52. The highest BCUT2D eigenvalue weighted by atomic mass is 16.4. The summed E-state index contributed by atoms with van der Waals surface area (Å²) in [5.74, 6) is -0.781. The fraction of sp³-hybridized carbons (Fsp3) is 0.857. The van der Waals surface area contributed by atoms with E-state index in [2.05, 4.69) is 12.2 Å². The van der Waals surface area contributed by atoms with Crippen LogP contribution in [-0.4, -0.2) is 23.7 Å². The van der Waals surface area contributed by atoms with Gasteiger partial charge in [0.25, 0.3) is 0 Å². The molecule has 0 aliphatic rings. The van der Waals surface area contributed by atoms with Crippen LogP contribution in [0.5, 0.6) is 0 Å². The number of carbonyl (C=O) groups is 1. The Bertz CT molecular complexity index is 104. The van der Waals surface area contributed by atoms with E-state index in [1.54, 1.807) is 6.92 Å². The van der Waals surface area contributed by atoms with Gasteiger partial charge >= 0.3 is 5.97 Å². The molecule has 0 aromatic rings. The zero-order chi connectivity index (χ0) is 7.98. The van der Waals surface area contributed by atoms with Gasteiger partial charge in [0, 0.05) is 0 Å². The lowest BCUT2D eigenvalue weighted by molar-refractivity contribution is -0.138. The molecular formula is C7H15NO2. The fourth-order valence-corrected chi connectivity index (χ4v) is 0.583. The van der Waals surface area contributed by atoms with Crippen molar-refractivity contribution in [3.05, 3.63) is 0 Å². The molecular weight excluding hydrogens is 130 g/mol. The Morgan fingerprint density at radius 2 is 2.30 bits per heavy atom. The zero-order valence-electron chi connectivity index (χ0n) is 6.55. The summed E-state index contributed by atoms with van der Waals surface area (Å²) in [7, 11) is 0. The minimum absolute atomic E-state index is 0.411. The Balaban J connectivity index is 3.21. The molecule has 0 aliphatic heterocycles. The summed E-state index contributed by atoms with van der Waals surface area (Å²) in [6, 6.07) is -0.411. The van der Waals surface area contributed by atoms with Crippen LogP contribution in [0.4, 0.5) is 0 Å².